The molecule has 3 atom stereocenters. The van der Waals surface area contributed by atoms with Crippen LogP contribution in [0.4, 0.5) is 0 Å². The molecule has 2 fully saturated rings. The molecule has 3 unspecified atom stereocenters. The van der Waals surface area contributed by atoms with Gasteiger partial charge in [0.05, 0.1) is 0 Å². The van der Waals surface area contributed by atoms with Crippen molar-refractivity contribution in [3.63, 3.8) is 0 Å². The van der Waals surface area contributed by atoms with Crippen molar-refractivity contribution in [2.75, 3.05) is 19.6 Å². The van der Waals surface area contributed by atoms with E-state index in [0.717, 1.165) is 17.9 Å². The van der Waals surface area contributed by atoms with E-state index in [1.165, 1.54) is 51.7 Å². The molecule has 0 radical (unpaired) electrons. The highest BCUT2D eigenvalue weighted by Crippen LogP contribution is 2.33. The maximum absolute atomic E-state index is 3.61. The Morgan fingerprint density at radius 1 is 1.12 bits per heavy atom. The molecule has 1 aliphatic carbocycles. The van der Waals surface area contributed by atoms with Gasteiger partial charge in [0.25, 0.3) is 0 Å². The monoisotopic (exact) mass is 238 g/mol. The molecule has 17 heavy (non-hydrogen) atoms. The number of likely N-dealkylation sites (tertiary alicyclic amines) is 1. The first-order valence-electron chi connectivity index (χ1n) is 7.64. The molecule has 1 aliphatic heterocycles. The molecule has 1 saturated carbocycles. The molecule has 0 spiro atoms. The Kier molecular flexibility index (Phi) is 4.87. The molecule has 1 N–H and O–H groups in total. The molecule has 100 valence electrons. The van der Waals surface area contributed by atoms with Crippen LogP contribution in [0, 0.1) is 11.8 Å². The molecule has 0 amide bonds. The second-order valence-corrected chi connectivity index (χ2v) is 6.54. The van der Waals surface area contributed by atoms with Crippen LogP contribution in [-0.2, 0) is 0 Å². The molecule has 0 bridgehead atoms. The van der Waals surface area contributed by atoms with Gasteiger partial charge in [-0.05, 0) is 63.6 Å². The fourth-order valence-electron chi connectivity index (χ4n) is 3.27. The molecule has 2 heteroatoms. The minimum Gasteiger partial charge on any atom is -0.314 e. The zero-order chi connectivity index (χ0) is 12.3. The van der Waals surface area contributed by atoms with Gasteiger partial charge in [-0.1, -0.05) is 20.8 Å². The lowest BCUT2D eigenvalue weighted by atomic mass is 9.78. The van der Waals surface area contributed by atoms with Crippen molar-refractivity contribution in [2.45, 2.75) is 65.0 Å². The van der Waals surface area contributed by atoms with Crippen molar-refractivity contribution < 1.29 is 0 Å². The zero-order valence-electron chi connectivity index (χ0n) is 11.9. The Balaban J connectivity index is 1.77. The van der Waals surface area contributed by atoms with Crippen LogP contribution < -0.4 is 5.32 Å². The van der Waals surface area contributed by atoms with Gasteiger partial charge in [0.2, 0.25) is 0 Å². The summed E-state index contributed by atoms with van der Waals surface area (Å²) in [6.45, 7) is 10.9. The molecule has 0 aromatic rings. The fraction of sp³-hybridized carbons (Fsp3) is 1.00. The summed E-state index contributed by atoms with van der Waals surface area (Å²) in [4.78, 5) is 2.79. The van der Waals surface area contributed by atoms with Crippen LogP contribution >= 0.6 is 0 Å². The Morgan fingerprint density at radius 3 is 2.59 bits per heavy atom. The van der Waals surface area contributed by atoms with Crippen molar-refractivity contribution in [3.05, 3.63) is 0 Å². The first-order chi connectivity index (χ1) is 8.16. The minimum absolute atomic E-state index is 0.639. The highest BCUT2D eigenvalue weighted by atomic mass is 15.2. The second kappa shape index (κ2) is 6.19. The van der Waals surface area contributed by atoms with Crippen LogP contribution in [0.1, 0.15) is 52.9 Å². The summed E-state index contributed by atoms with van der Waals surface area (Å²) in [5.41, 5.74) is 0. The minimum atomic E-state index is 0.639. The van der Waals surface area contributed by atoms with Gasteiger partial charge in [-0.25, -0.2) is 0 Å². The van der Waals surface area contributed by atoms with E-state index in [0.29, 0.717) is 6.04 Å². The van der Waals surface area contributed by atoms with E-state index in [2.05, 4.69) is 31.0 Å². The lowest BCUT2D eigenvalue weighted by molar-refractivity contribution is 0.0628. The summed E-state index contributed by atoms with van der Waals surface area (Å²) >= 11 is 0. The third-order valence-corrected chi connectivity index (χ3v) is 4.69. The molecule has 1 saturated heterocycles. The number of nitrogens with zero attached hydrogens (tertiary/aromatic N) is 1. The largest absolute Gasteiger partial charge is 0.314 e. The Bertz CT molecular complexity index is 227. The predicted octanol–water partition coefficient (Wildman–Crippen LogP) is 2.89. The quantitative estimate of drug-likeness (QED) is 0.810. The molecule has 1 heterocycles. The Labute approximate surface area is 107 Å². The molecule has 0 aromatic carbocycles. The van der Waals surface area contributed by atoms with E-state index >= 15 is 0 Å². The van der Waals surface area contributed by atoms with Crippen LogP contribution in [0.25, 0.3) is 0 Å². The van der Waals surface area contributed by atoms with Crippen LogP contribution in [0.2, 0.25) is 0 Å². The van der Waals surface area contributed by atoms with Gasteiger partial charge < -0.3 is 10.2 Å². The summed E-state index contributed by atoms with van der Waals surface area (Å²) in [5, 5.41) is 3.61. The standard InChI is InChI=1S/C15H30N2/c1-12(2)16-11-14-6-7-15(14)17-9-4-5-13(3)8-10-17/h12-16H,4-11H2,1-3H3. The van der Waals surface area contributed by atoms with Gasteiger partial charge in [-0.2, -0.15) is 0 Å². The van der Waals surface area contributed by atoms with E-state index in [9.17, 15) is 0 Å². The van der Waals surface area contributed by atoms with E-state index in [1.54, 1.807) is 0 Å². The van der Waals surface area contributed by atoms with Crippen LogP contribution in [0.15, 0.2) is 0 Å². The van der Waals surface area contributed by atoms with Gasteiger partial charge >= 0.3 is 0 Å². The van der Waals surface area contributed by atoms with Crippen molar-refractivity contribution in [2.24, 2.45) is 11.8 Å². The van der Waals surface area contributed by atoms with Gasteiger partial charge in [0.1, 0.15) is 0 Å². The summed E-state index contributed by atoms with van der Waals surface area (Å²) in [5.74, 6) is 1.87. The van der Waals surface area contributed by atoms with Crippen LogP contribution in [0.3, 0.4) is 0 Å². The first-order valence-corrected chi connectivity index (χ1v) is 7.64. The number of hydrogen-bond donors (Lipinski definition) is 1. The number of hydrogen-bond acceptors (Lipinski definition) is 2. The lowest BCUT2D eigenvalue weighted by Crippen LogP contribution is -2.51. The molecule has 2 nitrogen and oxygen atoms in total. The molecule has 2 aliphatic rings. The highest BCUT2D eigenvalue weighted by molar-refractivity contribution is 4.91. The van der Waals surface area contributed by atoms with Crippen LogP contribution in [0.5, 0.6) is 0 Å². The van der Waals surface area contributed by atoms with Gasteiger partial charge in [0, 0.05) is 12.1 Å². The van der Waals surface area contributed by atoms with Crippen molar-refractivity contribution in [3.8, 4) is 0 Å². The highest BCUT2D eigenvalue weighted by Gasteiger charge is 2.35. The van der Waals surface area contributed by atoms with Crippen molar-refractivity contribution >= 4 is 0 Å². The molecular weight excluding hydrogens is 208 g/mol. The maximum Gasteiger partial charge on any atom is 0.0136 e. The van der Waals surface area contributed by atoms with E-state index in [1.807, 2.05) is 0 Å². The van der Waals surface area contributed by atoms with E-state index < -0.39 is 0 Å². The van der Waals surface area contributed by atoms with Gasteiger partial charge in [-0.3, -0.25) is 0 Å². The average molecular weight is 238 g/mol. The molecular formula is C15H30N2. The molecule has 2 rings (SSSR count). The average Bonchev–Trinajstić information content (AvgIpc) is 2.42. The van der Waals surface area contributed by atoms with Crippen molar-refractivity contribution in [1.29, 1.82) is 0 Å². The Hall–Kier alpha value is -0.0800. The number of nitrogens with one attached hydrogen (secondary N) is 1. The summed E-state index contributed by atoms with van der Waals surface area (Å²) in [7, 11) is 0. The summed E-state index contributed by atoms with van der Waals surface area (Å²) in [6, 6.07) is 1.53. The SMILES string of the molecule is CC1CCCN(C2CCC2CNC(C)C)CC1. The van der Waals surface area contributed by atoms with E-state index in [-0.39, 0.29) is 0 Å². The third-order valence-electron chi connectivity index (χ3n) is 4.69. The molecule has 0 aromatic heterocycles. The number of rotatable bonds is 4. The fourth-order valence-corrected chi connectivity index (χ4v) is 3.27. The van der Waals surface area contributed by atoms with Gasteiger partial charge in [0.15, 0.2) is 0 Å². The first kappa shape index (κ1) is 13.4. The smallest absolute Gasteiger partial charge is 0.0136 e. The Morgan fingerprint density at radius 2 is 1.94 bits per heavy atom. The lowest BCUT2D eigenvalue weighted by Gasteiger charge is -2.44. The van der Waals surface area contributed by atoms with Crippen molar-refractivity contribution in [1.82, 2.24) is 10.2 Å². The second-order valence-electron chi connectivity index (χ2n) is 6.54. The predicted molar refractivity (Wildman–Crippen MR) is 74.2 cm³/mol. The summed E-state index contributed by atoms with van der Waals surface area (Å²) < 4.78 is 0. The van der Waals surface area contributed by atoms with E-state index in [4.69, 9.17) is 0 Å². The topological polar surface area (TPSA) is 15.3 Å². The maximum atomic E-state index is 3.61. The zero-order valence-corrected chi connectivity index (χ0v) is 11.9. The van der Waals surface area contributed by atoms with Crippen LogP contribution in [-0.4, -0.2) is 36.6 Å². The normalized spacial score (nSPS) is 35.6. The summed E-state index contributed by atoms with van der Waals surface area (Å²) in [6.07, 6.45) is 7.16. The van der Waals surface area contributed by atoms with Gasteiger partial charge in [-0.15, -0.1) is 0 Å². The third kappa shape index (κ3) is 3.69.